The molecule has 202 valence electrons. The molecule has 2 fully saturated rings. The summed E-state index contributed by atoms with van der Waals surface area (Å²) in [5.74, 6) is -0.0638. The van der Waals surface area contributed by atoms with Crippen LogP contribution in [0.4, 0.5) is 4.79 Å². The van der Waals surface area contributed by atoms with Crippen molar-refractivity contribution >= 4 is 28.9 Å². The average Bonchev–Trinajstić information content (AvgIpc) is 3.09. The Hall–Kier alpha value is -3.14. The summed E-state index contributed by atoms with van der Waals surface area (Å²) in [5.41, 5.74) is 2.46. The second-order valence-electron chi connectivity index (χ2n) is 10.7. The lowest BCUT2D eigenvalue weighted by molar-refractivity contribution is -0.135. The number of nitrogens with one attached hydrogen (secondary N) is 2. The van der Waals surface area contributed by atoms with E-state index in [2.05, 4.69) is 22.6 Å². The summed E-state index contributed by atoms with van der Waals surface area (Å²) in [6.45, 7) is 2.12. The van der Waals surface area contributed by atoms with Crippen molar-refractivity contribution in [3.8, 4) is 0 Å². The molecule has 1 aliphatic carbocycles. The van der Waals surface area contributed by atoms with Crippen molar-refractivity contribution in [2.24, 2.45) is 13.0 Å². The number of aromatic nitrogens is 2. The Bertz CT molecular complexity index is 1190. The van der Waals surface area contributed by atoms with E-state index < -0.39 is 18.0 Å². The number of nitrogens with zero attached hydrogens (tertiary/aromatic N) is 3. The highest BCUT2D eigenvalue weighted by atomic mass is 16.4. The maximum absolute atomic E-state index is 12.9. The van der Waals surface area contributed by atoms with E-state index in [9.17, 15) is 19.2 Å². The molecular weight excluding hydrogens is 474 g/mol. The van der Waals surface area contributed by atoms with Gasteiger partial charge < -0.3 is 15.3 Å². The number of rotatable bonds is 10. The monoisotopic (exact) mass is 513 g/mol. The molecule has 2 heterocycles. The Morgan fingerprint density at radius 2 is 1.84 bits per heavy atom. The minimum Gasteiger partial charge on any atom is -0.465 e. The van der Waals surface area contributed by atoms with Crippen molar-refractivity contribution in [1.82, 2.24) is 24.7 Å². The van der Waals surface area contributed by atoms with Crippen LogP contribution in [0.15, 0.2) is 23.0 Å². The van der Waals surface area contributed by atoms with Crippen molar-refractivity contribution < 1.29 is 19.5 Å². The number of carboxylic acid groups (broad SMARTS) is 1. The molecule has 4 rings (SSSR count). The van der Waals surface area contributed by atoms with Gasteiger partial charge in [0.05, 0.1) is 11.0 Å². The summed E-state index contributed by atoms with van der Waals surface area (Å²) in [4.78, 5) is 50.0. The third-order valence-corrected chi connectivity index (χ3v) is 7.93. The van der Waals surface area contributed by atoms with E-state index >= 15 is 0 Å². The zero-order valence-electron chi connectivity index (χ0n) is 21.9. The van der Waals surface area contributed by atoms with Gasteiger partial charge in [0.1, 0.15) is 6.04 Å². The van der Waals surface area contributed by atoms with Gasteiger partial charge in [-0.3, -0.25) is 24.0 Å². The topological polar surface area (TPSA) is 126 Å². The first-order valence-corrected chi connectivity index (χ1v) is 13.4. The molecular formula is C27H39N5O5. The van der Waals surface area contributed by atoms with Crippen molar-refractivity contribution in [2.45, 2.75) is 76.3 Å². The van der Waals surface area contributed by atoms with Gasteiger partial charge >= 0.3 is 11.8 Å². The second kappa shape index (κ2) is 11.9. The molecule has 0 spiro atoms. The molecule has 3 N–H and O–H groups in total. The maximum atomic E-state index is 12.9. The number of hydrogen-bond acceptors (Lipinski definition) is 5. The minimum absolute atomic E-state index is 0.108. The Labute approximate surface area is 217 Å². The van der Waals surface area contributed by atoms with Crippen molar-refractivity contribution in [2.75, 3.05) is 20.1 Å². The van der Waals surface area contributed by atoms with Gasteiger partial charge in [-0.2, -0.15) is 0 Å². The molecule has 1 saturated carbocycles. The molecule has 10 nitrogen and oxygen atoms in total. The Morgan fingerprint density at radius 1 is 1.08 bits per heavy atom. The summed E-state index contributed by atoms with van der Waals surface area (Å²) in [7, 11) is 3.89. The number of carbonyl (C=O) groups excluding carboxylic acids is 2. The highest BCUT2D eigenvalue weighted by Gasteiger charge is 2.31. The number of aryl methyl sites for hydroxylation is 2. The van der Waals surface area contributed by atoms with Crippen molar-refractivity contribution in [1.29, 1.82) is 0 Å². The summed E-state index contributed by atoms with van der Waals surface area (Å²) in [5, 5.41) is 13.8. The zero-order valence-corrected chi connectivity index (χ0v) is 21.9. The number of piperidine rings is 1. The summed E-state index contributed by atoms with van der Waals surface area (Å²) >= 11 is 0. The molecule has 1 aliphatic heterocycles. The predicted octanol–water partition coefficient (Wildman–Crippen LogP) is 2.79. The van der Waals surface area contributed by atoms with Crippen molar-refractivity contribution in [3.63, 3.8) is 0 Å². The summed E-state index contributed by atoms with van der Waals surface area (Å²) in [6, 6.07) is 5.45. The fourth-order valence-electron chi connectivity index (χ4n) is 5.88. The SMILES string of the molecule is CN(CCCCCc1ccc2c(c1)n(C)c(=O)n2C1CCC(=O)NC1=O)CC1CCC(NC(=O)O)CC1. The van der Waals surface area contributed by atoms with Gasteiger partial charge in [-0.25, -0.2) is 9.59 Å². The molecule has 0 bridgehead atoms. The Kier molecular flexibility index (Phi) is 8.68. The number of hydrogen-bond donors (Lipinski definition) is 3. The number of imide groups is 1. The molecule has 1 atom stereocenters. The second-order valence-corrected chi connectivity index (χ2v) is 10.7. The molecule has 1 saturated heterocycles. The number of unbranched alkanes of at least 4 members (excludes halogenated alkanes) is 2. The highest BCUT2D eigenvalue weighted by Crippen LogP contribution is 2.26. The van der Waals surface area contributed by atoms with Crippen LogP contribution >= 0.6 is 0 Å². The first kappa shape index (κ1) is 26.9. The van der Waals surface area contributed by atoms with Crippen LogP contribution in [0.2, 0.25) is 0 Å². The van der Waals surface area contributed by atoms with E-state index in [0.29, 0.717) is 12.3 Å². The molecule has 10 heteroatoms. The molecule has 1 aromatic heterocycles. The smallest absolute Gasteiger partial charge is 0.404 e. The normalized spacial score (nSPS) is 22.4. The van der Waals surface area contributed by atoms with Crippen LogP contribution in [0.5, 0.6) is 0 Å². The average molecular weight is 514 g/mol. The van der Waals surface area contributed by atoms with Crippen LogP contribution in [0.3, 0.4) is 0 Å². The van der Waals surface area contributed by atoms with E-state index in [4.69, 9.17) is 5.11 Å². The molecule has 2 aliphatic rings. The third kappa shape index (κ3) is 6.60. The summed E-state index contributed by atoms with van der Waals surface area (Å²) in [6.07, 6.45) is 7.89. The van der Waals surface area contributed by atoms with Crippen LogP contribution < -0.4 is 16.3 Å². The van der Waals surface area contributed by atoms with E-state index in [-0.39, 0.29) is 24.1 Å². The Balaban J connectivity index is 1.23. The first-order chi connectivity index (χ1) is 17.7. The van der Waals surface area contributed by atoms with E-state index in [0.717, 1.165) is 75.5 Å². The van der Waals surface area contributed by atoms with E-state index in [1.54, 1.807) is 11.6 Å². The van der Waals surface area contributed by atoms with Gasteiger partial charge in [-0.05, 0) is 88.6 Å². The fourth-order valence-corrected chi connectivity index (χ4v) is 5.88. The number of amides is 3. The molecule has 2 aromatic rings. The van der Waals surface area contributed by atoms with Crippen molar-refractivity contribution in [3.05, 3.63) is 34.2 Å². The van der Waals surface area contributed by atoms with Crippen LogP contribution in [-0.2, 0) is 23.1 Å². The van der Waals surface area contributed by atoms with Gasteiger partial charge in [0, 0.05) is 26.1 Å². The Morgan fingerprint density at radius 3 is 2.54 bits per heavy atom. The van der Waals surface area contributed by atoms with Crippen LogP contribution in [0.25, 0.3) is 11.0 Å². The third-order valence-electron chi connectivity index (χ3n) is 7.93. The number of imidazole rings is 1. The van der Waals surface area contributed by atoms with E-state index in [1.165, 1.54) is 10.1 Å². The largest absolute Gasteiger partial charge is 0.465 e. The molecule has 0 radical (unpaired) electrons. The van der Waals surface area contributed by atoms with Gasteiger partial charge in [-0.15, -0.1) is 0 Å². The lowest BCUT2D eigenvalue weighted by Gasteiger charge is -2.31. The molecule has 3 amide bonds. The quantitative estimate of drug-likeness (QED) is 0.331. The minimum atomic E-state index is -0.921. The standard InChI is InChI=1S/C27H39N5O5/c1-30(17-19-7-10-20(11-8-19)28-26(35)36)15-5-3-4-6-18-9-12-21-23(16-18)31(2)27(37)32(21)22-13-14-24(33)29-25(22)34/h9,12,16,19-20,22,28H,3-8,10-11,13-15,17H2,1-2H3,(H,35,36)(H,29,33,34). The van der Waals surface area contributed by atoms with Gasteiger partial charge in [0.25, 0.3) is 0 Å². The first-order valence-electron chi connectivity index (χ1n) is 13.4. The van der Waals surface area contributed by atoms with Crippen LogP contribution in [-0.4, -0.2) is 63.2 Å². The number of benzene rings is 1. The maximum Gasteiger partial charge on any atom is 0.404 e. The lowest BCUT2D eigenvalue weighted by atomic mass is 9.86. The molecule has 1 unspecified atom stereocenters. The van der Waals surface area contributed by atoms with Gasteiger partial charge in [0.2, 0.25) is 11.8 Å². The summed E-state index contributed by atoms with van der Waals surface area (Å²) < 4.78 is 3.11. The van der Waals surface area contributed by atoms with Crippen LogP contribution in [0.1, 0.15) is 69.4 Å². The van der Waals surface area contributed by atoms with E-state index in [1.807, 2.05) is 18.2 Å². The lowest BCUT2D eigenvalue weighted by Crippen LogP contribution is -2.44. The number of carbonyl (C=O) groups is 3. The molecule has 37 heavy (non-hydrogen) atoms. The van der Waals surface area contributed by atoms with Gasteiger partial charge in [-0.1, -0.05) is 12.5 Å². The van der Waals surface area contributed by atoms with Crippen LogP contribution in [0, 0.1) is 5.92 Å². The zero-order chi connectivity index (χ0) is 26.5. The number of fused-ring (bicyclic) bond motifs is 1. The highest BCUT2D eigenvalue weighted by molar-refractivity contribution is 6.00. The fraction of sp³-hybridized carbons (Fsp3) is 0.630. The van der Waals surface area contributed by atoms with Gasteiger partial charge in [0.15, 0.2) is 0 Å². The predicted molar refractivity (Wildman–Crippen MR) is 141 cm³/mol. The molecule has 1 aromatic carbocycles.